The standard InChI is InChI=1S/C40H46N6O7/c1-4-40(53-39(50)52-20-23-11-14-25(15-12-23)44-36(47)31(43-22(2)3)9-5-6-17-41)28-18-32-35-26(19-46(32)37(48)27(28)21-51-38(40)49)34-29(42)16-13-24-8-7-10-30(45-35)33(24)34/h7-8,10-12,14-15,18,22,29,31,43H,4-6,9,13,16-17,19-21,41-42H2,1-3H3,(H,44,47)/t29-,31-,40-/m0/s1. The molecule has 2 aromatic carbocycles. The van der Waals surface area contributed by atoms with Crippen molar-refractivity contribution in [1.82, 2.24) is 14.9 Å². The van der Waals surface area contributed by atoms with E-state index in [-0.39, 0.29) is 60.4 Å². The van der Waals surface area contributed by atoms with Gasteiger partial charge in [-0.25, -0.2) is 14.6 Å². The Balaban J connectivity index is 1.10. The van der Waals surface area contributed by atoms with Crippen molar-refractivity contribution in [1.29, 1.82) is 0 Å². The number of carbonyl (C=O) groups excluding carboxylic acids is 3. The maximum Gasteiger partial charge on any atom is 0.510 e. The first-order valence-corrected chi connectivity index (χ1v) is 18.4. The SMILES string of the molecule is CC[C@@]1(OC(=O)OCc2ccc(NC(=O)[C@H](CCCCN)NC(C)C)cc2)C(=O)OCc2c1cc1n(c2=O)Cc2c-1nc1cccc3c1c2[C@@H](N)CC3. The molecule has 53 heavy (non-hydrogen) atoms. The van der Waals surface area contributed by atoms with Gasteiger partial charge in [0.15, 0.2) is 0 Å². The molecule has 2 aliphatic heterocycles. The van der Waals surface area contributed by atoms with Crippen LogP contribution in [0.25, 0.3) is 22.3 Å². The third-order valence-electron chi connectivity index (χ3n) is 10.5. The number of nitrogens with two attached hydrogens (primary N) is 2. The number of fused-ring (bicyclic) bond motifs is 5. The number of carbonyl (C=O) groups is 3. The Kier molecular flexibility index (Phi) is 10.1. The number of amides is 1. The summed E-state index contributed by atoms with van der Waals surface area (Å²) in [6.07, 6.45) is 2.90. The largest absolute Gasteiger partial charge is 0.510 e. The number of nitrogens with one attached hydrogen (secondary N) is 2. The number of anilines is 1. The van der Waals surface area contributed by atoms with Gasteiger partial charge in [-0.1, -0.05) is 51.5 Å². The monoisotopic (exact) mass is 722 g/mol. The predicted octanol–water partition coefficient (Wildman–Crippen LogP) is 4.82. The third-order valence-corrected chi connectivity index (χ3v) is 10.5. The summed E-state index contributed by atoms with van der Waals surface area (Å²) in [6, 6.07) is 14.2. The Labute approximate surface area is 307 Å². The summed E-state index contributed by atoms with van der Waals surface area (Å²) in [5.74, 6) is -0.924. The van der Waals surface area contributed by atoms with Crippen molar-refractivity contribution in [3.05, 3.63) is 92.3 Å². The van der Waals surface area contributed by atoms with Crippen molar-refractivity contribution in [3.63, 3.8) is 0 Å². The van der Waals surface area contributed by atoms with Crippen LogP contribution in [0.3, 0.4) is 0 Å². The van der Waals surface area contributed by atoms with E-state index in [1.807, 2.05) is 26.0 Å². The molecule has 0 fully saturated rings. The molecule has 0 bridgehead atoms. The van der Waals surface area contributed by atoms with E-state index in [1.165, 1.54) is 5.56 Å². The average molecular weight is 723 g/mol. The lowest BCUT2D eigenvalue weighted by Gasteiger charge is -2.35. The normalized spacial score (nSPS) is 18.9. The van der Waals surface area contributed by atoms with Crippen LogP contribution >= 0.6 is 0 Å². The minimum absolute atomic E-state index is 0.00158. The number of cyclic esters (lactones) is 1. The van der Waals surface area contributed by atoms with Gasteiger partial charge in [0.2, 0.25) is 11.5 Å². The van der Waals surface area contributed by atoms with Gasteiger partial charge in [-0.05, 0) is 79.6 Å². The fourth-order valence-corrected chi connectivity index (χ4v) is 7.88. The smallest absolute Gasteiger partial charge is 0.457 e. The minimum Gasteiger partial charge on any atom is -0.457 e. The Bertz CT molecular complexity index is 2150. The number of aryl methyl sites for hydroxylation is 1. The van der Waals surface area contributed by atoms with E-state index in [0.29, 0.717) is 42.1 Å². The highest BCUT2D eigenvalue weighted by Crippen LogP contribution is 2.45. The van der Waals surface area contributed by atoms with Crippen molar-refractivity contribution >= 4 is 34.6 Å². The highest BCUT2D eigenvalue weighted by Gasteiger charge is 2.51. The molecule has 3 aliphatic rings. The number of rotatable bonds is 12. The highest BCUT2D eigenvalue weighted by atomic mass is 16.7. The first-order valence-electron chi connectivity index (χ1n) is 18.4. The number of aromatic nitrogens is 2. The Morgan fingerprint density at radius 1 is 1.11 bits per heavy atom. The second kappa shape index (κ2) is 14.7. The van der Waals surface area contributed by atoms with Gasteiger partial charge in [0.25, 0.3) is 5.56 Å². The molecule has 7 rings (SSSR count). The number of ether oxygens (including phenoxy) is 3. The quantitative estimate of drug-likeness (QED) is 0.102. The van der Waals surface area contributed by atoms with Crippen LogP contribution in [0.4, 0.5) is 10.5 Å². The van der Waals surface area contributed by atoms with Crippen LogP contribution in [0.15, 0.2) is 53.3 Å². The van der Waals surface area contributed by atoms with E-state index in [1.54, 1.807) is 41.8 Å². The molecular formula is C40H46N6O7. The van der Waals surface area contributed by atoms with Gasteiger partial charge >= 0.3 is 12.1 Å². The second-order valence-electron chi connectivity index (χ2n) is 14.4. The molecule has 4 aromatic rings. The first-order chi connectivity index (χ1) is 25.5. The number of hydrogen-bond donors (Lipinski definition) is 4. The predicted molar refractivity (Wildman–Crippen MR) is 199 cm³/mol. The van der Waals surface area contributed by atoms with Crippen molar-refractivity contribution < 1.29 is 28.6 Å². The lowest BCUT2D eigenvalue weighted by atomic mass is 9.83. The first kappa shape index (κ1) is 36.3. The molecule has 0 radical (unpaired) electrons. The summed E-state index contributed by atoms with van der Waals surface area (Å²) in [7, 11) is 0. The number of unbranched alkanes of at least 4 members (excludes halogenated alkanes) is 1. The molecule has 0 unspecified atom stereocenters. The lowest BCUT2D eigenvalue weighted by Crippen LogP contribution is -2.47. The zero-order valence-corrected chi connectivity index (χ0v) is 30.3. The molecule has 13 heteroatoms. The molecule has 0 spiro atoms. The molecular weight excluding hydrogens is 676 g/mol. The van der Waals surface area contributed by atoms with Crippen LogP contribution < -0.4 is 27.7 Å². The zero-order valence-electron chi connectivity index (χ0n) is 30.3. The number of hydrogen-bond acceptors (Lipinski definition) is 11. The Hall–Kier alpha value is -5.11. The topological polar surface area (TPSA) is 190 Å². The fraction of sp³-hybridized carbons (Fsp3) is 0.425. The average Bonchev–Trinajstić information content (AvgIpc) is 3.51. The van der Waals surface area contributed by atoms with Crippen molar-refractivity contribution in [2.45, 2.75) is 103 Å². The summed E-state index contributed by atoms with van der Waals surface area (Å²) < 4.78 is 18.4. The van der Waals surface area contributed by atoms with Gasteiger partial charge in [-0.15, -0.1) is 0 Å². The summed E-state index contributed by atoms with van der Waals surface area (Å²) in [5.41, 5.74) is 16.8. The van der Waals surface area contributed by atoms with E-state index >= 15 is 0 Å². The zero-order chi connectivity index (χ0) is 37.4. The molecule has 1 aliphatic carbocycles. The van der Waals surface area contributed by atoms with Crippen LogP contribution in [0.1, 0.15) is 92.3 Å². The maximum absolute atomic E-state index is 14.1. The summed E-state index contributed by atoms with van der Waals surface area (Å²) in [6.45, 7) is 6.13. The molecule has 278 valence electrons. The van der Waals surface area contributed by atoms with Crippen LogP contribution in [-0.2, 0) is 55.6 Å². The number of benzene rings is 2. The van der Waals surface area contributed by atoms with Crippen molar-refractivity contribution in [2.75, 3.05) is 11.9 Å². The second-order valence-corrected chi connectivity index (χ2v) is 14.4. The van der Waals surface area contributed by atoms with Gasteiger partial charge < -0.3 is 40.9 Å². The van der Waals surface area contributed by atoms with Gasteiger partial charge in [0.1, 0.15) is 13.2 Å². The van der Waals surface area contributed by atoms with Crippen LogP contribution in [0.2, 0.25) is 0 Å². The van der Waals surface area contributed by atoms with Crippen LogP contribution in [-0.4, -0.2) is 46.2 Å². The molecule has 2 aromatic heterocycles. The van der Waals surface area contributed by atoms with Crippen LogP contribution in [0, 0.1) is 0 Å². The molecule has 1 amide bonds. The molecule has 0 saturated heterocycles. The molecule has 3 atom stereocenters. The third kappa shape index (κ3) is 6.68. The molecule has 4 heterocycles. The van der Waals surface area contributed by atoms with E-state index in [9.17, 15) is 19.2 Å². The van der Waals surface area contributed by atoms with Crippen LogP contribution in [0.5, 0.6) is 0 Å². The fourth-order valence-electron chi connectivity index (χ4n) is 7.88. The van der Waals surface area contributed by atoms with E-state index < -0.39 is 17.7 Å². The summed E-state index contributed by atoms with van der Waals surface area (Å²) >= 11 is 0. The van der Waals surface area contributed by atoms with Gasteiger partial charge in [0.05, 0.1) is 35.1 Å². The summed E-state index contributed by atoms with van der Waals surface area (Å²) in [4.78, 5) is 58.9. The van der Waals surface area contributed by atoms with Crippen molar-refractivity contribution in [3.8, 4) is 11.4 Å². The minimum atomic E-state index is -1.91. The Morgan fingerprint density at radius 2 is 1.91 bits per heavy atom. The van der Waals surface area contributed by atoms with Gasteiger partial charge in [0, 0.05) is 34.3 Å². The van der Waals surface area contributed by atoms with Gasteiger partial charge in [-0.3, -0.25) is 9.59 Å². The lowest BCUT2D eigenvalue weighted by molar-refractivity contribution is -0.175. The number of pyridine rings is 2. The maximum atomic E-state index is 14.1. The summed E-state index contributed by atoms with van der Waals surface area (Å²) in [5, 5.41) is 7.30. The van der Waals surface area contributed by atoms with E-state index in [2.05, 4.69) is 16.7 Å². The molecule has 0 saturated carbocycles. The van der Waals surface area contributed by atoms with E-state index in [0.717, 1.165) is 47.7 Å². The molecule has 13 nitrogen and oxygen atoms in total. The molecule has 6 N–H and O–H groups in total. The number of esters is 1. The van der Waals surface area contributed by atoms with Crippen molar-refractivity contribution in [2.24, 2.45) is 11.5 Å². The number of nitrogens with zero attached hydrogens (tertiary/aromatic N) is 2. The van der Waals surface area contributed by atoms with Gasteiger partial charge in [-0.2, -0.15) is 0 Å². The Morgan fingerprint density at radius 3 is 2.64 bits per heavy atom. The van der Waals surface area contributed by atoms with E-state index in [4.69, 9.17) is 30.7 Å². The highest BCUT2D eigenvalue weighted by molar-refractivity contribution is 5.95.